The summed E-state index contributed by atoms with van der Waals surface area (Å²) < 4.78 is 0. The van der Waals surface area contributed by atoms with Gasteiger partial charge in [0.05, 0.1) is 0 Å². The largest absolute Gasteiger partial charge is 0.315 e. The maximum atomic E-state index is 3.41. The first-order valence-corrected chi connectivity index (χ1v) is 3.80. The Kier molecular flexibility index (Phi) is 1.24. The summed E-state index contributed by atoms with van der Waals surface area (Å²) in [6, 6.07) is 0.767. The fraction of sp³-hybridized carbons (Fsp3) is 1.00. The van der Waals surface area contributed by atoms with Crippen molar-refractivity contribution < 1.29 is 0 Å². The zero-order valence-corrected chi connectivity index (χ0v) is 5.85. The Bertz CT molecular complexity index is 113. The minimum atomic E-state index is 0.767. The van der Waals surface area contributed by atoms with Gasteiger partial charge in [-0.1, -0.05) is 0 Å². The molecule has 1 aliphatic heterocycles. The number of nitrogens with one attached hydrogen (secondary N) is 2. The van der Waals surface area contributed by atoms with Crippen LogP contribution in [0.3, 0.4) is 0 Å². The molecular weight excluding hydrogens is 112 g/mol. The average molecular weight is 126 g/mol. The molecule has 0 aromatic carbocycles. The molecular formula is C7H14N2. The van der Waals surface area contributed by atoms with Crippen molar-refractivity contribution in [3.8, 4) is 0 Å². The molecule has 0 aromatic rings. The summed E-state index contributed by atoms with van der Waals surface area (Å²) in [6.07, 6.45) is 1.46. The number of likely N-dealkylation sites (N-methyl/N-ethyl adjacent to an activating group) is 1. The Balaban J connectivity index is 1.93. The minimum absolute atomic E-state index is 0.767. The molecule has 52 valence electrons. The Morgan fingerprint density at radius 2 is 2.33 bits per heavy atom. The van der Waals surface area contributed by atoms with E-state index in [4.69, 9.17) is 0 Å². The van der Waals surface area contributed by atoms with Crippen LogP contribution in [0.15, 0.2) is 0 Å². The molecule has 1 unspecified atom stereocenters. The third-order valence-corrected chi connectivity index (χ3v) is 2.64. The van der Waals surface area contributed by atoms with Crippen LogP contribution >= 0.6 is 0 Å². The molecule has 2 fully saturated rings. The van der Waals surface area contributed by atoms with Gasteiger partial charge >= 0.3 is 0 Å². The molecule has 3 atom stereocenters. The topological polar surface area (TPSA) is 24.1 Å². The van der Waals surface area contributed by atoms with E-state index in [1.54, 1.807) is 0 Å². The van der Waals surface area contributed by atoms with Gasteiger partial charge in [0.25, 0.3) is 0 Å². The highest BCUT2D eigenvalue weighted by Gasteiger charge is 2.44. The van der Waals surface area contributed by atoms with Crippen LogP contribution in [0, 0.1) is 11.8 Å². The summed E-state index contributed by atoms with van der Waals surface area (Å²) in [4.78, 5) is 0. The molecule has 1 saturated carbocycles. The lowest BCUT2D eigenvalue weighted by molar-refractivity contribution is 0.391. The van der Waals surface area contributed by atoms with Gasteiger partial charge in [-0.15, -0.1) is 0 Å². The van der Waals surface area contributed by atoms with Crippen molar-refractivity contribution in [2.24, 2.45) is 11.8 Å². The fourth-order valence-electron chi connectivity index (χ4n) is 1.89. The maximum absolute atomic E-state index is 3.41. The van der Waals surface area contributed by atoms with E-state index in [-0.39, 0.29) is 0 Å². The SMILES string of the molecule is CN[C@H]1CNCC2C[C@@H]21. The second kappa shape index (κ2) is 1.96. The Morgan fingerprint density at radius 1 is 1.44 bits per heavy atom. The van der Waals surface area contributed by atoms with E-state index < -0.39 is 0 Å². The molecule has 1 heterocycles. The number of hydrogen-bond donors (Lipinski definition) is 2. The second-order valence-electron chi connectivity index (χ2n) is 3.21. The number of rotatable bonds is 1. The van der Waals surface area contributed by atoms with Crippen molar-refractivity contribution in [3.05, 3.63) is 0 Å². The lowest BCUT2D eigenvalue weighted by atomic mass is 10.1. The van der Waals surface area contributed by atoms with Gasteiger partial charge in [-0.25, -0.2) is 0 Å². The first-order valence-electron chi connectivity index (χ1n) is 3.80. The summed E-state index contributed by atoms with van der Waals surface area (Å²) in [5.74, 6) is 2.02. The van der Waals surface area contributed by atoms with Crippen LogP contribution in [-0.2, 0) is 0 Å². The summed E-state index contributed by atoms with van der Waals surface area (Å²) in [6.45, 7) is 2.44. The monoisotopic (exact) mass is 126 g/mol. The van der Waals surface area contributed by atoms with E-state index in [0.29, 0.717) is 0 Å². The van der Waals surface area contributed by atoms with E-state index in [1.165, 1.54) is 19.5 Å². The van der Waals surface area contributed by atoms with Gasteiger partial charge in [0.15, 0.2) is 0 Å². The molecule has 1 aliphatic carbocycles. The molecule has 0 amide bonds. The van der Waals surface area contributed by atoms with Gasteiger partial charge in [0, 0.05) is 12.6 Å². The van der Waals surface area contributed by atoms with Crippen LogP contribution in [0.1, 0.15) is 6.42 Å². The first kappa shape index (κ1) is 5.69. The summed E-state index contributed by atoms with van der Waals surface area (Å²) in [5.41, 5.74) is 0. The molecule has 2 aliphatic rings. The molecule has 0 spiro atoms. The lowest BCUT2D eigenvalue weighted by Gasteiger charge is -2.21. The third kappa shape index (κ3) is 0.864. The quantitative estimate of drug-likeness (QED) is 0.509. The highest BCUT2D eigenvalue weighted by atomic mass is 15.0. The zero-order chi connectivity index (χ0) is 6.27. The number of piperidine rings is 1. The van der Waals surface area contributed by atoms with Crippen LogP contribution in [0.4, 0.5) is 0 Å². The third-order valence-electron chi connectivity index (χ3n) is 2.64. The van der Waals surface area contributed by atoms with Gasteiger partial charge in [0.1, 0.15) is 0 Å². The lowest BCUT2D eigenvalue weighted by Crippen LogP contribution is -2.43. The summed E-state index contributed by atoms with van der Waals surface area (Å²) >= 11 is 0. The van der Waals surface area contributed by atoms with Crippen molar-refractivity contribution in [2.75, 3.05) is 20.1 Å². The Morgan fingerprint density at radius 3 is 3.00 bits per heavy atom. The minimum Gasteiger partial charge on any atom is -0.315 e. The van der Waals surface area contributed by atoms with Crippen LogP contribution < -0.4 is 10.6 Å². The van der Waals surface area contributed by atoms with Gasteiger partial charge in [-0.3, -0.25) is 0 Å². The van der Waals surface area contributed by atoms with Crippen LogP contribution in [-0.4, -0.2) is 26.2 Å². The molecule has 9 heavy (non-hydrogen) atoms. The number of hydrogen-bond acceptors (Lipinski definition) is 2. The predicted molar refractivity (Wildman–Crippen MR) is 37.3 cm³/mol. The van der Waals surface area contributed by atoms with Gasteiger partial charge in [0.2, 0.25) is 0 Å². The molecule has 2 rings (SSSR count). The molecule has 0 aromatic heterocycles. The number of fused-ring (bicyclic) bond motifs is 1. The highest BCUT2D eigenvalue weighted by molar-refractivity contribution is 4.99. The Labute approximate surface area is 56.0 Å². The van der Waals surface area contributed by atoms with Crippen LogP contribution in [0.5, 0.6) is 0 Å². The van der Waals surface area contributed by atoms with Crippen molar-refractivity contribution in [2.45, 2.75) is 12.5 Å². The van der Waals surface area contributed by atoms with Crippen molar-refractivity contribution in [3.63, 3.8) is 0 Å². The summed E-state index contributed by atoms with van der Waals surface area (Å²) in [5, 5.41) is 6.75. The smallest absolute Gasteiger partial charge is 0.0220 e. The van der Waals surface area contributed by atoms with Crippen LogP contribution in [0.2, 0.25) is 0 Å². The average Bonchev–Trinajstić information content (AvgIpc) is 2.64. The Hall–Kier alpha value is -0.0800. The highest BCUT2D eigenvalue weighted by Crippen LogP contribution is 2.42. The van der Waals surface area contributed by atoms with E-state index in [9.17, 15) is 0 Å². The molecule has 2 N–H and O–H groups in total. The molecule has 0 radical (unpaired) electrons. The van der Waals surface area contributed by atoms with E-state index >= 15 is 0 Å². The van der Waals surface area contributed by atoms with Crippen molar-refractivity contribution in [1.82, 2.24) is 10.6 Å². The van der Waals surface area contributed by atoms with Gasteiger partial charge in [-0.2, -0.15) is 0 Å². The van der Waals surface area contributed by atoms with Gasteiger partial charge in [-0.05, 0) is 31.8 Å². The van der Waals surface area contributed by atoms with Crippen molar-refractivity contribution in [1.29, 1.82) is 0 Å². The maximum Gasteiger partial charge on any atom is 0.0220 e. The normalized spacial score (nSPS) is 48.3. The van der Waals surface area contributed by atoms with E-state index in [0.717, 1.165) is 17.9 Å². The zero-order valence-electron chi connectivity index (χ0n) is 5.85. The molecule has 2 nitrogen and oxygen atoms in total. The standard InChI is InChI=1S/C7H14N2/c1-8-7-4-9-3-5-2-6(5)7/h5-9H,2-4H2,1H3/t5?,6-,7-/m0/s1. The van der Waals surface area contributed by atoms with Gasteiger partial charge < -0.3 is 10.6 Å². The molecule has 0 bridgehead atoms. The molecule has 1 saturated heterocycles. The second-order valence-corrected chi connectivity index (χ2v) is 3.21. The summed E-state index contributed by atoms with van der Waals surface area (Å²) in [7, 11) is 2.06. The van der Waals surface area contributed by atoms with Crippen molar-refractivity contribution >= 4 is 0 Å². The van der Waals surface area contributed by atoms with E-state index in [2.05, 4.69) is 17.7 Å². The predicted octanol–water partition coefficient (Wildman–Crippen LogP) is -0.186. The first-order chi connectivity index (χ1) is 4.42. The fourth-order valence-corrected chi connectivity index (χ4v) is 1.89. The molecule has 2 heteroatoms. The van der Waals surface area contributed by atoms with Crippen LogP contribution in [0.25, 0.3) is 0 Å². The van der Waals surface area contributed by atoms with E-state index in [1.807, 2.05) is 0 Å².